The number of ether oxygens (including phenoxy) is 2. The van der Waals surface area contributed by atoms with Gasteiger partial charge in [0.25, 0.3) is 0 Å². The summed E-state index contributed by atoms with van der Waals surface area (Å²) in [5.41, 5.74) is 2.26. The lowest BCUT2D eigenvalue weighted by Crippen LogP contribution is -2.47. The Morgan fingerprint density at radius 3 is 2.73 bits per heavy atom. The molecule has 7 nitrogen and oxygen atoms in total. The van der Waals surface area contributed by atoms with E-state index in [1.807, 2.05) is 7.05 Å². The van der Waals surface area contributed by atoms with Gasteiger partial charge in [-0.05, 0) is 32.6 Å². The highest BCUT2D eigenvalue weighted by molar-refractivity contribution is 5.79. The summed E-state index contributed by atoms with van der Waals surface area (Å²) in [4.78, 5) is 11.1. The van der Waals surface area contributed by atoms with Crippen molar-refractivity contribution >= 4 is 5.96 Å². The predicted molar refractivity (Wildman–Crippen MR) is 116 cm³/mol. The van der Waals surface area contributed by atoms with Crippen molar-refractivity contribution in [3.05, 3.63) is 41.9 Å². The van der Waals surface area contributed by atoms with Gasteiger partial charge >= 0.3 is 0 Å². The first-order valence-electron chi connectivity index (χ1n) is 10.9. The number of benzene rings is 1. The van der Waals surface area contributed by atoms with Crippen LogP contribution in [0, 0.1) is 6.92 Å². The number of nitrogens with zero attached hydrogens (tertiary/aromatic N) is 3. The molecule has 1 atom stereocenters. The Morgan fingerprint density at radius 1 is 1.23 bits per heavy atom. The molecule has 0 spiro atoms. The molecule has 2 aromatic rings. The molecule has 1 aromatic heterocycles. The van der Waals surface area contributed by atoms with Gasteiger partial charge in [0.05, 0.1) is 31.6 Å². The highest BCUT2D eigenvalue weighted by atomic mass is 16.5. The standard InChI is InChI=1S/C23H32N4O3/c1-17-5-7-18(8-6-17)21-14-25-22(30-21)15-26-23(24-2)27-11-9-19(10-12-27)29-16-20-4-3-13-28-20/h5-8,14,19-20H,3-4,9-13,15-16H2,1-2H3,(H,24,26). The molecule has 2 aliphatic heterocycles. The maximum Gasteiger partial charge on any atom is 0.214 e. The summed E-state index contributed by atoms with van der Waals surface area (Å²) in [7, 11) is 1.82. The first kappa shape index (κ1) is 20.9. The van der Waals surface area contributed by atoms with Crippen LogP contribution in [0.25, 0.3) is 11.3 Å². The summed E-state index contributed by atoms with van der Waals surface area (Å²) in [5.74, 6) is 2.31. The summed E-state index contributed by atoms with van der Waals surface area (Å²) in [6.45, 7) is 6.04. The first-order chi connectivity index (χ1) is 14.7. The van der Waals surface area contributed by atoms with E-state index in [1.165, 1.54) is 5.56 Å². The van der Waals surface area contributed by atoms with E-state index in [-0.39, 0.29) is 0 Å². The minimum atomic E-state index is 0.294. The Morgan fingerprint density at radius 2 is 2.03 bits per heavy atom. The van der Waals surface area contributed by atoms with Crippen molar-refractivity contribution in [1.82, 2.24) is 15.2 Å². The van der Waals surface area contributed by atoms with Gasteiger partial charge in [-0.15, -0.1) is 0 Å². The summed E-state index contributed by atoms with van der Waals surface area (Å²) in [6, 6.07) is 8.26. The molecular weight excluding hydrogens is 380 g/mol. The molecule has 1 unspecified atom stereocenters. The van der Waals surface area contributed by atoms with Crippen LogP contribution in [0.4, 0.5) is 0 Å². The fourth-order valence-electron chi connectivity index (χ4n) is 3.98. The second-order valence-corrected chi connectivity index (χ2v) is 8.04. The molecule has 2 saturated heterocycles. The number of piperidine rings is 1. The minimum Gasteiger partial charge on any atom is -0.439 e. The number of hydrogen-bond acceptors (Lipinski definition) is 5. The number of oxazole rings is 1. The van der Waals surface area contributed by atoms with E-state index in [0.29, 0.717) is 24.6 Å². The number of nitrogens with one attached hydrogen (secondary N) is 1. The number of aryl methyl sites for hydroxylation is 1. The molecule has 0 radical (unpaired) electrons. The first-order valence-corrected chi connectivity index (χ1v) is 10.9. The second kappa shape index (κ2) is 10.1. The molecule has 0 aliphatic carbocycles. The molecule has 3 heterocycles. The van der Waals surface area contributed by atoms with E-state index in [0.717, 1.165) is 69.3 Å². The van der Waals surface area contributed by atoms with Crippen LogP contribution in [0.15, 0.2) is 39.9 Å². The highest BCUT2D eigenvalue weighted by Gasteiger charge is 2.24. The lowest BCUT2D eigenvalue weighted by atomic mass is 10.1. The molecule has 1 N–H and O–H groups in total. The molecule has 1 aromatic carbocycles. The number of rotatable bonds is 6. The Kier molecular flexibility index (Phi) is 7.02. The van der Waals surface area contributed by atoms with E-state index in [4.69, 9.17) is 13.9 Å². The Bertz CT molecular complexity index is 819. The summed E-state index contributed by atoms with van der Waals surface area (Å²) in [5, 5.41) is 3.38. The van der Waals surface area contributed by atoms with E-state index in [9.17, 15) is 0 Å². The highest BCUT2D eigenvalue weighted by Crippen LogP contribution is 2.21. The average molecular weight is 413 g/mol. The van der Waals surface area contributed by atoms with Crippen molar-refractivity contribution in [2.24, 2.45) is 4.99 Å². The molecular formula is C23H32N4O3. The van der Waals surface area contributed by atoms with Gasteiger partial charge in [-0.1, -0.05) is 29.8 Å². The molecule has 0 amide bonds. The molecule has 0 bridgehead atoms. The zero-order chi connectivity index (χ0) is 20.8. The van der Waals surface area contributed by atoms with Gasteiger partial charge in [0.2, 0.25) is 5.89 Å². The smallest absolute Gasteiger partial charge is 0.214 e. The second-order valence-electron chi connectivity index (χ2n) is 8.04. The van der Waals surface area contributed by atoms with Crippen molar-refractivity contribution in [3.8, 4) is 11.3 Å². The Hall–Kier alpha value is -2.38. The molecule has 2 fully saturated rings. The van der Waals surface area contributed by atoms with Crippen LogP contribution in [-0.4, -0.2) is 61.4 Å². The van der Waals surface area contributed by atoms with Crippen LogP contribution >= 0.6 is 0 Å². The number of likely N-dealkylation sites (tertiary alicyclic amines) is 1. The van der Waals surface area contributed by atoms with E-state index in [2.05, 4.69) is 51.4 Å². The molecule has 4 rings (SSSR count). The molecule has 162 valence electrons. The van der Waals surface area contributed by atoms with E-state index >= 15 is 0 Å². The third-order valence-corrected chi connectivity index (χ3v) is 5.78. The van der Waals surface area contributed by atoms with Crippen LogP contribution in [0.2, 0.25) is 0 Å². The van der Waals surface area contributed by atoms with Gasteiger partial charge in [-0.3, -0.25) is 4.99 Å². The van der Waals surface area contributed by atoms with E-state index < -0.39 is 0 Å². The van der Waals surface area contributed by atoms with Gasteiger partial charge in [0.15, 0.2) is 11.7 Å². The molecule has 7 heteroatoms. The van der Waals surface area contributed by atoms with Gasteiger partial charge in [0.1, 0.15) is 0 Å². The summed E-state index contributed by atoms with van der Waals surface area (Å²) < 4.78 is 17.6. The molecule has 30 heavy (non-hydrogen) atoms. The van der Waals surface area contributed by atoms with Gasteiger partial charge < -0.3 is 24.1 Å². The monoisotopic (exact) mass is 412 g/mol. The Balaban J connectivity index is 1.23. The zero-order valence-corrected chi connectivity index (χ0v) is 18.0. The fraction of sp³-hybridized carbons (Fsp3) is 0.565. The maximum absolute atomic E-state index is 6.07. The van der Waals surface area contributed by atoms with Gasteiger partial charge in [-0.2, -0.15) is 0 Å². The van der Waals surface area contributed by atoms with Crippen molar-refractivity contribution in [2.45, 2.75) is 51.4 Å². The van der Waals surface area contributed by atoms with Crippen LogP contribution in [0.1, 0.15) is 37.1 Å². The summed E-state index contributed by atoms with van der Waals surface area (Å²) >= 11 is 0. The summed E-state index contributed by atoms with van der Waals surface area (Å²) in [6.07, 6.45) is 6.68. The number of guanidine groups is 1. The number of hydrogen-bond donors (Lipinski definition) is 1. The van der Waals surface area contributed by atoms with Crippen LogP contribution < -0.4 is 5.32 Å². The SMILES string of the molecule is CN=C(NCc1ncc(-c2ccc(C)cc2)o1)N1CCC(OCC2CCCO2)CC1. The lowest BCUT2D eigenvalue weighted by molar-refractivity contribution is -0.0367. The fourth-order valence-corrected chi connectivity index (χ4v) is 3.98. The maximum atomic E-state index is 6.07. The topological polar surface area (TPSA) is 72.1 Å². The third-order valence-electron chi connectivity index (χ3n) is 5.78. The van der Waals surface area contributed by atoms with Crippen LogP contribution in [-0.2, 0) is 16.0 Å². The average Bonchev–Trinajstić information content (AvgIpc) is 3.46. The largest absolute Gasteiger partial charge is 0.439 e. The van der Waals surface area contributed by atoms with Crippen molar-refractivity contribution < 1.29 is 13.9 Å². The number of aliphatic imine (C=N–C) groups is 1. The number of aromatic nitrogens is 1. The van der Waals surface area contributed by atoms with Crippen LogP contribution in [0.3, 0.4) is 0 Å². The van der Waals surface area contributed by atoms with Crippen molar-refractivity contribution in [2.75, 3.05) is 33.4 Å². The zero-order valence-electron chi connectivity index (χ0n) is 18.0. The molecule has 2 aliphatic rings. The molecule has 0 saturated carbocycles. The predicted octanol–water partition coefficient (Wildman–Crippen LogP) is 3.39. The van der Waals surface area contributed by atoms with Crippen LogP contribution in [0.5, 0.6) is 0 Å². The minimum absolute atomic E-state index is 0.294. The normalized spacial score (nSPS) is 20.7. The lowest BCUT2D eigenvalue weighted by Gasteiger charge is -2.34. The quantitative estimate of drug-likeness (QED) is 0.579. The van der Waals surface area contributed by atoms with Crippen molar-refractivity contribution in [3.63, 3.8) is 0 Å². The Labute approximate surface area is 178 Å². The van der Waals surface area contributed by atoms with Gasteiger partial charge in [0, 0.05) is 32.3 Å². The van der Waals surface area contributed by atoms with Gasteiger partial charge in [-0.25, -0.2) is 4.98 Å². The van der Waals surface area contributed by atoms with Crippen molar-refractivity contribution in [1.29, 1.82) is 0 Å². The third kappa shape index (κ3) is 5.40. The van der Waals surface area contributed by atoms with E-state index in [1.54, 1.807) is 6.20 Å².